The minimum absolute atomic E-state index is 0.000477. The molecule has 0 spiro atoms. The fourth-order valence-electron chi connectivity index (χ4n) is 6.08. The van der Waals surface area contributed by atoms with E-state index in [0.717, 1.165) is 0 Å². The predicted molar refractivity (Wildman–Crippen MR) is 245 cm³/mol. The second kappa shape index (κ2) is 33.3. The van der Waals surface area contributed by atoms with Crippen molar-refractivity contribution in [3.8, 4) is 0 Å². The van der Waals surface area contributed by atoms with E-state index in [9.17, 15) is 57.5 Å². The Bertz CT molecular complexity index is 1700. The molecule has 0 radical (unpaired) electrons. The standard InChI is InChI=1S/C43H76N12O12/c1-9-25(5)32(23-56)54-41(65)31(19-33(44)59)53-40(64)30(16-12-14-18-47-28(8)58)52-35(61)21-48-34(60)20-49-39(63)29(15-11-13-17-46-27(7)57)51-36(62)22-50-43(67)38(26(6)10-2)55-42(66)37(45)24(3)4/h23-26,29-32,37-38H,9-22,45H2,1-8H3,(H2,44,59)(H,46,57)(H,47,58)(H,48,60)(H,49,63)(H,50,67)(H,51,62)(H,52,61)(H,53,64)(H,54,65)(H,55,66)/t25-,26-,29-,30-,31-,32+,37-,38-/m0/s1. The Morgan fingerprint density at radius 2 is 0.970 bits per heavy atom. The summed E-state index contributed by atoms with van der Waals surface area (Å²) in [5, 5.41) is 25.0. The first-order valence-electron chi connectivity index (χ1n) is 22.8. The molecule has 0 bridgehead atoms. The van der Waals surface area contributed by atoms with Gasteiger partial charge in [-0.05, 0) is 56.3 Å². The normalized spacial score (nSPS) is 14.4. The average molecular weight is 953 g/mol. The second-order valence-electron chi connectivity index (χ2n) is 16.8. The Morgan fingerprint density at radius 3 is 1.43 bits per heavy atom. The van der Waals surface area contributed by atoms with Crippen molar-refractivity contribution in [3.05, 3.63) is 0 Å². The van der Waals surface area contributed by atoms with Gasteiger partial charge in [-0.15, -0.1) is 0 Å². The molecule has 0 fully saturated rings. The lowest BCUT2D eigenvalue weighted by Crippen LogP contribution is -2.57. The number of nitrogens with one attached hydrogen (secondary N) is 10. The van der Waals surface area contributed by atoms with E-state index in [0.29, 0.717) is 51.4 Å². The Kier molecular flexibility index (Phi) is 30.2. The first-order chi connectivity index (χ1) is 31.5. The molecular formula is C43H76N12O12. The molecule has 0 aromatic rings. The summed E-state index contributed by atoms with van der Waals surface area (Å²) < 4.78 is 0. The smallest absolute Gasteiger partial charge is 0.243 e. The molecule has 380 valence electrons. The molecule has 8 atom stereocenters. The van der Waals surface area contributed by atoms with E-state index >= 15 is 0 Å². The molecule has 0 unspecified atom stereocenters. The molecule has 0 heterocycles. The molecule has 0 saturated heterocycles. The van der Waals surface area contributed by atoms with Crippen LogP contribution in [0.1, 0.15) is 113 Å². The summed E-state index contributed by atoms with van der Waals surface area (Å²) in [7, 11) is 0. The molecule has 0 aliphatic rings. The van der Waals surface area contributed by atoms with Gasteiger partial charge >= 0.3 is 0 Å². The summed E-state index contributed by atoms with van der Waals surface area (Å²) >= 11 is 0. The number of amides is 11. The SMILES string of the molecule is CC[C@H](C)[C@H](NC(=O)[C@@H](N)C(C)C)C(=O)NCC(=O)N[C@@H](CCCCNC(C)=O)C(=O)NCC(=O)NCC(=O)N[C@@H](CCCCNC(C)=O)C(=O)N[C@@H](CC(N)=O)C(=O)N[C@H](C=O)[C@@H](C)CC. The van der Waals surface area contributed by atoms with E-state index in [4.69, 9.17) is 11.5 Å². The Morgan fingerprint density at radius 1 is 0.507 bits per heavy atom. The number of hydrogen-bond donors (Lipinski definition) is 12. The van der Waals surface area contributed by atoms with Crippen LogP contribution in [0.3, 0.4) is 0 Å². The van der Waals surface area contributed by atoms with E-state index in [1.807, 2.05) is 6.92 Å². The van der Waals surface area contributed by atoms with Crippen LogP contribution in [0.2, 0.25) is 0 Å². The molecule has 0 rings (SSSR count). The van der Waals surface area contributed by atoms with Crippen LogP contribution in [-0.4, -0.2) is 140 Å². The number of unbranched alkanes of at least 4 members (excludes halogenated alkanes) is 2. The van der Waals surface area contributed by atoms with Crippen LogP contribution >= 0.6 is 0 Å². The number of hydrogen-bond acceptors (Lipinski definition) is 13. The summed E-state index contributed by atoms with van der Waals surface area (Å²) in [5.74, 6) is -8.34. The Balaban J connectivity index is 5.79. The van der Waals surface area contributed by atoms with Crippen LogP contribution in [0.5, 0.6) is 0 Å². The molecule has 24 heteroatoms. The zero-order valence-electron chi connectivity index (χ0n) is 40.2. The van der Waals surface area contributed by atoms with Gasteiger partial charge in [-0.1, -0.05) is 54.4 Å². The van der Waals surface area contributed by atoms with E-state index in [1.165, 1.54) is 13.8 Å². The number of rotatable bonds is 34. The van der Waals surface area contributed by atoms with Gasteiger partial charge in [-0.3, -0.25) is 52.7 Å². The van der Waals surface area contributed by atoms with E-state index in [-0.39, 0.29) is 49.0 Å². The number of primary amides is 1. The van der Waals surface area contributed by atoms with Gasteiger partial charge in [0.2, 0.25) is 65.0 Å². The maximum Gasteiger partial charge on any atom is 0.243 e. The van der Waals surface area contributed by atoms with Crippen LogP contribution in [0.4, 0.5) is 0 Å². The minimum atomic E-state index is -1.50. The maximum absolute atomic E-state index is 13.5. The fourth-order valence-corrected chi connectivity index (χ4v) is 6.08. The summed E-state index contributed by atoms with van der Waals surface area (Å²) in [6.07, 6.45) is 2.52. The molecule has 24 nitrogen and oxygen atoms in total. The summed E-state index contributed by atoms with van der Waals surface area (Å²) in [5.41, 5.74) is 11.3. The molecule has 11 amide bonds. The Hall–Kier alpha value is -6.20. The molecule has 14 N–H and O–H groups in total. The average Bonchev–Trinajstić information content (AvgIpc) is 3.27. The van der Waals surface area contributed by atoms with E-state index in [1.54, 1.807) is 34.6 Å². The van der Waals surface area contributed by atoms with Gasteiger partial charge in [0.15, 0.2) is 0 Å². The molecule has 0 aliphatic carbocycles. The summed E-state index contributed by atoms with van der Waals surface area (Å²) in [4.78, 5) is 151. The highest BCUT2D eigenvalue weighted by atomic mass is 16.2. The van der Waals surface area contributed by atoms with E-state index < -0.39 is 115 Å². The number of carbonyl (C=O) groups is 12. The highest BCUT2D eigenvalue weighted by Crippen LogP contribution is 2.11. The highest BCUT2D eigenvalue weighted by Gasteiger charge is 2.32. The fraction of sp³-hybridized carbons (Fsp3) is 0.721. The van der Waals surface area contributed by atoms with Crippen LogP contribution in [0.25, 0.3) is 0 Å². The quantitative estimate of drug-likeness (QED) is 0.0221. The summed E-state index contributed by atoms with van der Waals surface area (Å²) in [6.45, 7) is 12.0. The molecule has 0 saturated carbocycles. The van der Waals surface area contributed by atoms with Crippen LogP contribution in [0, 0.1) is 17.8 Å². The minimum Gasteiger partial charge on any atom is -0.370 e. The van der Waals surface area contributed by atoms with Gasteiger partial charge in [0, 0.05) is 26.9 Å². The van der Waals surface area contributed by atoms with Crippen molar-refractivity contribution in [3.63, 3.8) is 0 Å². The monoisotopic (exact) mass is 953 g/mol. The van der Waals surface area contributed by atoms with Crippen LogP contribution < -0.4 is 64.6 Å². The first-order valence-corrected chi connectivity index (χ1v) is 22.8. The lowest BCUT2D eigenvalue weighted by Gasteiger charge is -2.26. The highest BCUT2D eigenvalue weighted by molar-refractivity contribution is 5.97. The molecule has 0 aromatic heterocycles. The van der Waals surface area contributed by atoms with Crippen molar-refractivity contribution >= 4 is 71.3 Å². The second-order valence-corrected chi connectivity index (χ2v) is 16.8. The van der Waals surface area contributed by atoms with E-state index in [2.05, 4.69) is 53.2 Å². The molecule has 67 heavy (non-hydrogen) atoms. The first kappa shape index (κ1) is 60.8. The van der Waals surface area contributed by atoms with Crippen molar-refractivity contribution in [1.82, 2.24) is 53.2 Å². The third-order valence-corrected chi connectivity index (χ3v) is 10.7. The van der Waals surface area contributed by atoms with Crippen molar-refractivity contribution < 1.29 is 57.5 Å². The topological polar surface area (TPSA) is 377 Å². The molecular weight excluding hydrogens is 877 g/mol. The van der Waals surface area contributed by atoms with Gasteiger partial charge in [0.1, 0.15) is 30.5 Å². The van der Waals surface area contributed by atoms with Crippen molar-refractivity contribution in [2.75, 3.05) is 32.7 Å². The maximum atomic E-state index is 13.5. The zero-order chi connectivity index (χ0) is 51.2. The number of carbonyl (C=O) groups excluding carboxylic acids is 12. The van der Waals surface area contributed by atoms with Crippen molar-refractivity contribution in [2.24, 2.45) is 29.2 Å². The van der Waals surface area contributed by atoms with Gasteiger partial charge < -0.3 is 69.4 Å². The number of nitrogens with two attached hydrogens (primary N) is 2. The number of aldehydes is 1. The lowest BCUT2D eigenvalue weighted by atomic mass is 9.96. The van der Waals surface area contributed by atoms with Gasteiger partial charge in [0.25, 0.3) is 0 Å². The van der Waals surface area contributed by atoms with Gasteiger partial charge in [0.05, 0.1) is 38.1 Å². The molecule has 0 aliphatic heterocycles. The largest absolute Gasteiger partial charge is 0.370 e. The predicted octanol–water partition coefficient (Wildman–Crippen LogP) is -3.48. The van der Waals surface area contributed by atoms with Crippen LogP contribution in [0.15, 0.2) is 0 Å². The summed E-state index contributed by atoms with van der Waals surface area (Å²) in [6, 6.07) is -6.78. The third-order valence-electron chi connectivity index (χ3n) is 10.7. The van der Waals surface area contributed by atoms with Gasteiger partial charge in [-0.25, -0.2) is 0 Å². The Labute approximate surface area is 392 Å². The third kappa shape index (κ3) is 26.5. The molecule has 0 aromatic carbocycles. The van der Waals surface area contributed by atoms with Crippen LogP contribution in [-0.2, 0) is 57.5 Å². The lowest BCUT2D eigenvalue weighted by molar-refractivity contribution is -0.134. The van der Waals surface area contributed by atoms with Crippen molar-refractivity contribution in [1.29, 1.82) is 0 Å². The van der Waals surface area contributed by atoms with Gasteiger partial charge in [-0.2, -0.15) is 0 Å². The van der Waals surface area contributed by atoms with Crippen molar-refractivity contribution in [2.45, 2.75) is 149 Å². The zero-order valence-corrected chi connectivity index (χ0v) is 40.2.